The molecule has 0 heterocycles. The van der Waals surface area contributed by atoms with Gasteiger partial charge in [0, 0.05) is 0 Å². The van der Waals surface area contributed by atoms with Crippen molar-refractivity contribution < 1.29 is 29.3 Å². The molecule has 2 atom stereocenters. The van der Waals surface area contributed by atoms with Crippen LogP contribution in [0.3, 0.4) is 0 Å². The van der Waals surface area contributed by atoms with E-state index < -0.39 is 23.6 Å². The van der Waals surface area contributed by atoms with E-state index in [1.54, 1.807) is 12.1 Å². The molecule has 2 N–H and O–H groups in total. The third kappa shape index (κ3) is 8.22. The molecule has 0 bridgehead atoms. The van der Waals surface area contributed by atoms with Crippen molar-refractivity contribution >= 4 is 11.9 Å². The van der Waals surface area contributed by atoms with Gasteiger partial charge in [0.05, 0.1) is 25.4 Å². The fourth-order valence-corrected chi connectivity index (χ4v) is 6.00. The van der Waals surface area contributed by atoms with Gasteiger partial charge in [-0.1, -0.05) is 127 Å². The van der Waals surface area contributed by atoms with Crippen molar-refractivity contribution in [2.75, 3.05) is 13.7 Å². The Labute approximate surface area is 276 Å². The van der Waals surface area contributed by atoms with Crippen molar-refractivity contribution in [3.63, 3.8) is 0 Å². The van der Waals surface area contributed by atoms with E-state index in [-0.39, 0.29) is 19.0 Å². The number of carboxylic acid groups (broad SMARTS) is 1. The molecular formula is C41H40O6. The van der Waals surface area contributed by atoms with E-state index in [4.69, 9.17) is 9.47 Å². The average Bonchev–Trinajstić information content (AvgIpc) is 3.12. The largest absolute Gasteiger partial charge is 0.481 e. The molecule has 47 heavy (non-hydrogen) atoms. The lowest BCUT2D eigenvalue weighted by Gasteiger charge is -2.37. The highest BCUT2D eigenvalue weighted by molar-refractivity contribution is 5.89. The molecule has 0 unspecified atom stereocenters. The maximum Gasteiger partial charge on any atom is 0.337 e. The van der Waals surface area contributed by atoms with Gasteiger partial charge in [-0.05, 0) is 71.2 Å². The number of hydrogen-bond donors (Lipinski definition) is 2. The van der Waals surface area contributed by atoms with Crippen LogP contribution < -0.4 is 0 Å². The van der Waals surface area contributed by atoms with Crippen LogP contribution in [0.25, 0.3) is 0 Å². The Morgan fingerprint density at radius 2 is 1.13 bits per heavy atom. The summed E-state index contributed by atoms with van der Waals surface area (Å²) in [4.78, 5) is 24.3. The van der Waals surface area contributed by atoms with Crippen LogP contribution in [0.1, 0.15) is 50.2 Å². The zero-order chi connectivity index (χ0) is 33.1. The van der Waals surface area contributed by atoms with Gasteiger partial charge in [-0.15, -0.1) is 0 Å². The van der Waals surface area contributed by atoms with Crippen LogP contribution >= 0.6 is 0 Å². The van der Waals surface area contributed by atoms with E-state index in [1.165, 1.54) is 7.11 Å². The Bertz CT molecular complexity index is 1620. The quantitative estimate of drug-likeness (QED) is 0.0937. The fraction of sp³-hybridized carbons (Fsp3) is 0.220. The Kier molecular flexibility index (Phi) is 11.3. The zero-order valence-electron chi connectivity index (χ0n) is 26.5. The number of carbonyl (C=O) groups is 2. The summed E-state index contributed by atoms with van der Waals surface area (Å²) in [5.74, 6) is -2.60. The summed E-state index contributed by atoms with van der Waals surface area (Å²) in [6.45, 7) is -0.190. The molecule has 0 spiro atoms. The minimum absolute atomic E-state index is 0.190. The molecule has 6 nitrogen and oxygen atoms in total. The number of aryl methyl sites for hydroxylation is 3. The van der Waals surface area contributed by atoms with E-state index in [0.717, 1.165) is 46.2 Å². The minimum atomic E-state index is -1.14. The third-order valence-electron chi connectivity index (χ3n) is 8.60. The highest BCUT2D eigenvalue weighted by Crippen LogP contribution is 2.41. The summed E-state index contributed by atoms with van der Waals surface area (Å²) in [6, 6.07) is 44.9. The lowest BCUT2D eigenvalue weighted by molar-refractivity contribution is -0.151. The average molecular weight is 629 g/mol. The van der Waals surface area contributed by atoms with Crippen LogP contribution in [-0.2, 0) is 39.1 Å². The first-order valence-corrected chi connectivity index (χ1v) is 15.9. The minimum Gasteiger partial charge on any atom is -0.481 e. The van der Waals surface area contributed by atoms with Gasteiger partial charge < -0.3 is 19.7 Å². The summed E-state index contributed by atoms with van der Waals surface area (Å²) in [7, 11) is 1.37. The van der Waals surface area contributed by atoms with Crippen molar-refractivity contribution in [3.05, 3.63) is 178 Å². The van der Waals surface area contributed by atoms with E-state index in [0.29, 0.717) is 12.0 Å². The van der Waals surface area contributed by atoms with Gasteiger partial charge in [-0.3, -0.25) is 4.79 Å². The second-order valence-electron chi connectivity index (χ2n) is 11.6. The fourth-order valence-electron chi connectivity index (χ4n) is 6.00. The van der Waals surface area contributed by atoms with E-state index >= 15 is 0 Å². The highest BCUT2D eigenvalue weighted by atomic mass is 16.5. The van der Waals surface area contributed by atoms with Gasteiger partial charge in [-0.25, -0.2) is 4.79 Å². The van der Waals surface area contributed by atoms with Gasteiger partial charge in [0.2, 0.25) is 0 Å². The molecule has 0 fully saturated rings. The van der Waals surface area contributed by atoms with Crippen LogP contribution in [0.2, 0.25) is 0 Å². The number of carbonyl (C=O) groups excluding carboxylic acids is 1. The summed E-state index contributed by atoms with van der Waals surface area (Å²) in [6.07, 6.45) is 1.28. The van der Waals surface area contributed by atoms with Crippen LogP contribution in [0.4, 0.5) is 0 Å². The molecule has 5 rings (SSSR count). The SMILES string of the molecule is COC(=O)c1ccc(CCc2cccc(CC[C@@H](O)[C@@H](COC(c3ccccc3)(c3ccccc3)c3ccccc3)C(=O)O)c2)cc1. The summed E-state index contributed by atoms with van der Waals surface area (Å²) in [5, 5.41) is 21.5. The first kappa shape index (κ1) is 33.3. The molecule has 5 aromatic carbocycles. The van der Waals surface area contributed by atoms with E-state index in [1.807, 2.05) is 115 Å². The van der Waals surface area contributed by atoms with Crippen LogP contribution in [0.5, 0.6) is 0 Å². The maximum absolute atomic E-state index is 12.6. The number of carboxylic acids is 1. The van der Waals surface area contributed by atoms with Crippen LogP contribution in [-0.4, -0.2) is 42.0 Å². The lowest BCUT2D eigenvalue weighted by atomic mass is 9.80. The van der Waals surface area contributed by atoms with Crippen LogP contribution in [0.15, 0.2) is 140 Å². The number of hydrogen-bond acceptors (Lipinski definition) is 5. The lowest BCUT2D eigenvalue weighted by Crippen LogP contribution is -2.39. The molecule has 0 aliphatic rings. The Balaban J connectivity index is 1.29. The second kappa shape index (κ2) is 16.0. The van der Waals surface area contributed by atoms with Crippen molar-refractivity contribution in [1.29, 1.82) is 0 Å². The summed E-state index contributed by atoms with van der Waals surface area (Å²) in [5.41, 5.74) is 5.33. The first-order chi connectivity index (χ1) is 22.9. The van der Waals surface area contributed by atoms with Gasteiger partial charge in [0.15, 0.2) is 0 Å². The molecule has 240 valence electrons. The molecule has 0 aromatic heterocycles. The molecule has 5 aromatic rings. The van der Waals surface area contributed by atoms with Crippen molar-refractivity contribution in [3.8, 4) is 0 Å². The van der Waals surface area contributed by atoms with Gasteiger partial charge in [0.25, 0.3) is 0 Å². The molecule has 0 saturated carbocycles. The van der Waals surface area contributed by atoms with Crippen molar-refractivity contribution in [2.24, 2.45) is 5.92 Å². The summed E-state index contributed by atoms with van der Waals surface area (Å²) >= 11 is 0. The number of benzene rings is 5. The topological polar surface area (TPSA) is 93.1 Å². The van der Waals surface area contributed by atoms with E-state index in [9.17, 15) is 19.8 Å². The molecular weight excluding hydrogens is 588 g/mol. The molecule has 6 heteroatoms. The summed E-state index contributed by atoms with van der Waals surface area (Å²) < 4.78 is 11.5. The molecule has 0 aliphatic carbocycles. The first-order valence-electron chi connectivity index (χ1n) is 15.9. The molecule has 0 radical (unpaired) electrons. The van der Waals surface area contributed by atoms with Crippen LogP contribution in [0, 0.1) is 5.92 Å². The Morgan fingerprint density at radius 1 is 0.638 bits per heavy atom. The second-order valence-corrected chi connectivity index (χ2v) is 11.6. The molecule has 0 amide bonds. The highest BCUT2D eigenvalue weighted by Gasteiger charge is 2.40. The van der Waals surface area contributed by atoms with Gasteiger partial charge in [0.1, 0.15) is 11.5 Å². The number of methoxy groups -OCH3 is 1. The van der Waals surface area contributed by atoms with E-state index in [2.05, 4.69) is 12.1 Å². The normalized spacial score (nSPS) is 12.6. The number of aliphatic hydroxyl groups excluding tert-OH is 1. The smallest absolute Gasteiger partial charge is 0.337 e. The maximum atomic E-state index is 12.6. The number of esters is 1. The Morgan fingerprint density at radius 3 is 1.62 bits per heavy atom. The molecule has 0 saturated heterocycles. The monoisotopic (exact) mass is 628 g/mol. The Hall–Kier alpha value is -5.04. The van der Waals surface area contributed by atoms with Gasteiger partial charge in [-0.2, -0.15) is 0 Å². The van der Waals surface area contributed by atoms with Gasteiger partial charge >= 0.3 is 11.9 Å². The standard InChI is InChI=1S/C41H40O6/c1-46-40(45)33-25-22-30(23-26-33)20-21-31-12-11-13-32(28-31)24-27-38(42)37(39(43)44)29-47-41(34-14-5-2-6-15-34,35-16-7-3-8-17-35)36-18-9-4-10-19-36/h2-19,22-23,25-26,28,37-38,42H,20-21,24,27,29H2,1H3,(H,43,44)/t37-,38-/m1/s1. The number of aliphatic hydroxyl groups is 1. The zero-order valence-corrected chi connectivity index (χ0v) is 26.5. The number of aliphatic carboxylic acids is 1. The predicted molar refractivity (Wildman–Crippen MR) is 182 cm³/mol. The predicted octanol–water partition coefficient (Wildman–Crippen LogP) is 7.26. The van der Waals surface area contributed by atoms with Crippen molar-refractivity contribution in [2.45, 2.75) is 37.4 Å². The molecule has 0 aliphatic heterocycles. The number of ether oxygens (including phenoxy) is 2. The van der Waals surface area contributed by atoms with Crippen molar-refractivity contribution in [1.82, 2.24) is 0 Å². The third-order valence-corrected chi connectivity index (χ3v) is 8.60. The number of rotatable bonds is 15.